The zero-order chi connectivity index (χ0) is 13.7. The molecule has 0 aliphatic rings. The van der Waals surface area contributed by atoms with Crippen LogP contribution >= 0.6 is 0 Å². The molecule has 0 fully saturated rings. The number of benzene rings is 1. The van der Waals surface area contributed by atoms with E-state index in [1.165, 1.54) is 19.2 Å². The molecular formula is C12H12F2N2O2. The van der Waals surface area contributed by atoms with Crippen molar-refractivity contribution in [2.24, 2.45) is 5.73 Å². The van der Waals surface area contributed by atoms with Crippen molar-refractivity contribution in [3.05, 3.63) is 34.4 Å². The summed E-state index contributed by atoms with van der Waals surface area (Å²) >= 11 is 0. The number of ether oxygens (including phenoxy) is 1. The Morgan fingerprint density at radius 3 is 2.67 bits per heavy atom. The summed E-state index contributed by atoms with van der Waals surface area (Å²) in [6.07, 6.45) is -2.95. The summed E-state index contributed by atoms with van der Waals surface area (Å²) < 4.78 is 30.4. The Morgan fingerprint density at radius 1 is 1.56 bits per heavy atom. The van der Waals surface area contributed by atoms with E-state index < -0.39 is 18.0 Å². The van der Waals surface area contributed by atoms with Gasteiger partial charge in [0.05, 0.1) is 25.2 Å². The van der Waals surface area contributed by atoms with Gasteiger partial charge in [0.2, 0.25) is 0 Å². The van der Waals surface area contributed by atoms with Gasteiger partial charge < -0.3 is 10.5 Å². The maximum absolute atomic E-state index is 12.9. The molecule has 0 aromatic heterocycles. The first-order valence-corrected chi connectivity index (χ1v) is 5.14. The monoisotopic (exact) mass is 254 g/mol. The molecule has 0 heterocycles. The molecule has 0 unspecified atom stereocenters. The van der Waals surface area contributed by atoms with E-state index in [1.807, 2.05) is 0 Å². The van der Waals surface area contributed by atoms with Crippen LogP contribution in [0.1, 0.15) is 28.7 Å². The van der Waals surface area contributed by atoms with Gasteiger partial charge in [-0.05, 0) is 17.2 Å². The highest BCUT2D eigenvalue weighted by molar-refractivity contribution is 5.73. The average Bonchev–Trinajstić information content (AvgIpc) is 2.37. The second-order valence-corrected chi connectivity index (χ2v) is 3.53. The Balaban J connectivity index is 3.34. The van der Waals surface area contributed by atoms with Gasteiger partial charge in [0.1, 0.15) is 0 Å². The lowest BCUT2D eigenvalue weighted by molar-refractivity contribution is -0.139. The van der Waals surface area contributed by atoms with Crippen LogP contribution in [0.3, 0.4) is 0 Å². The van der Waals surface area contributed by atoms with Crippen molar-refractivity contribution < 1.29 is 18.3 Å². The first kappa shape index (κ1) is 14.1. The second-order valence-electron chi connectivity index (χ2n) is 3.53. The van der Waals surface area contributed by atoms with E-state index in [1.54, 1.807) is 6.07 Å². The lowest BCUT2D eigenvalue weighted by atomic mass is 9.95. The minimum atomic E-state index is -2.81. The summed E-state index contributed by atoms with van der Waals surface area (Å²) in [5.74, 6) is -0.547. The minimum absolute atomic E-state index is 0.126. The van der Waals surface area contributed by atoms with Gasteiger partial charge in [-0.15, -0.1) is 0 Å². The van der Waals surface area contributed by atoms with Crippen molar-refractivity contribution in [2.45, 2.75) is 19.4 Å². The summed E-state index contributed by atoms with van der Waals surface area (Å²) in [6.45, 7) is -0.165. The van der Waals surface area contributed by atoms with E-state index in [-0.39, 0.29) is 24.1 Å². The highest BCUT2D eigenvalue weighted by atomic mass is 19.3. The first-order valence-electron chi connectivity index (χ1n) is 5.14. The van der Waals surface area contributed by atoms with Crippen LogP contribution in [-0.4, -0.2) is 13.1 Å². The fourth-order valence-electron chi connectivity index (χ4n) is 1.69. The third kappa shape index (κ3) is 2.81. The Morgan fingerprint density at radius 2 is 2.22 bits per heavy atom. The fourth-order valence-corrected chi connectivity index (χ4v) is 1.69. The molecule has 6 heteroatoms. The van der Waals surface area contributed by atoms with E-state index in [0.29, 0.717) is 5.56 Å². The average molecular weight is 254 g/mol. The molecule has 0 spiro atoms. The highest BCUT2D eigenvalue weighted by Crippen LogP contribution is 2.29. The van der Waals surface area contributed by atoms with E-state index in [2.05, 4.69) is 4.74 Å². The molecule has 0 amide bonds. The number of esters is 1. The van der Waals surface area contributed by atoms with Gasteiger partial charge in [0.15, 0.2) is 0 Å². The summed E-state index contributed by atoms with van der Waals surface area (Å²) in [4.78, 5) is 11.2. The van der Waals surface area contributed by atoms with Gasteiger partial charge >= 0.3 is 5.97 Å². The smallest absolute Gasteiger partial charge is 0.309 e. The Kier molecular flexibility index (Phi) is 4.75. The molecule has 0 radical (unpaired) electrons. The number of carbonyl (C=O) groups is 1. The van der Waals surface area contributed by atoms with Gasteiger partial charge in [-0.25, -0.2) is 8.78 Å². The number of nitrogens with two attached hydrogens (primary N) is 1. The summed E-state index contributed by atoms with van der Waals surface area (Å²) in [5, 5.41) is 8.79. The van der Waals surface area contributed by atoms with Gasteiger partial charge in [0, 0.05) is 12.1 Å². The zero-order valence-electron chi connectivity index (χ0n) is 9.74. The summed E-state index contributed by atoms with van der Waals surface area (Å²) in [5.41, 5.74) is 5.40. The van der Waals surface area contributed by atoms with Crippen LogP contribution in [0.2, 0.25) is 0 Å². The van der Waals surface area contributed by atoms with Crippen LogP contribution in [0, 0.1) is 11.3 Å². The standard InChI is InChI=1S/C12H12F2N2O2/c1-18-10(17)4-7-2-3-8(5-15)11(12(13)14)9(7)6-16/h2-3,12H,4,6,16H2,1H3. The fraction of sp³-hybridized carbons (Fsp3) is 0.333. The third-order valence-electron chi connectivity index (χ3n) is 2.56. The molecule has 0 saturated carbocycles. The topological polar surface area (TPSA) is 76.1 Å². The van der Waals surface area contributed by atoms with E-state index in [4.69, 9.17) is 11.0 Å². The first-order chi connectivity index (χ1) is 8.54. The van der Waals surface area contributed by atoms with Crippen molar-refractivity contribution in [2.75, 3.05) is 7.11 Å². The Hall–Kier alpha value is -2.00. The van der Waals surface area contributed by atoms with Crippen LogP contribution in [0.4, 0.5) is 8.78 Å². The zero-order valence-corrected chi connectivity index (χ0v) is 9.74. The summed E-state index contributed by atoms with van der Waals surface area (Å²) in [6, 6.07) is 4.41. The van der Waals surface area contributed by atoms with Gasteiger partial charge in [0.25, 0.3) is 6.43 Å². The van der Waals surface area contributed by atoms with E-state index in [0.717, 1.165) is 0 Å². The molecular weight excluding hydrogens is 242 g/mol. The second kappa shape index (κ2) is 6.07. The molecule has 18 heavy (non-hydrogen) atoms. The van der Waals surface area contributed by atoms with Crippen LogP contribution in [-0.2, 0) is 22.5 Å². The lowest BCUT2D eigenvalue weighted by Crippen LogP contribution is -2.13. The highest BCUT2D eigenvalue weighted by Gasteiger charge is 2.21. The van der Waals surface area contributed by atoms with Crippen LogP contribution in [0.5, 0.6) is 0 Å². The van der Waals surface area contributed by atoms with Crippen molar-refractivity contribution in [1.29, 1.82) is 5.26 Å². The predicted octanol–water partition coefficient (Wildman–Crippen LogP) is 1.67. The molecule has 0 atom stereocenters. The molecule has 4 nitrogen and oxygen atoms in total. The number of carbonyl (C=O) groups excluding carboxylic acids is 1. The van der Waals surface area contributed by atoms with Gasteiger partial charge in [-0.3, -0.25) is 4.79 Å². The van der Waals surface area contributed by atoms with Crippen LogP contribution < -0.4 is 5.73 Å². The van der Waals surface area contributed by atoms with Gasteiger partial charge in [-0.1, -0.05) is 6.07 Å². The minimum Gasteiger partial charge on any atom is -0.469 e. The Bertz CT molecular complexity index is 496. The van der Waals surface area contributed by atoms with Crippen molar-refractivity contribution in [3.8, 4) is 6.07 Å². The predicted molar refractivity (Wildman–Crippen MR) is 59.7 cm³/mol. The molecule has 1 rings (SSSR count). The number of hydrogen-bond donors (Lipinski definition) is 1. The van der Waals surface area contributed by atoms with Crippen molar-refractivity contribution in [1.82, 2.24) is 0 Å². The third-order valence-corrected chi connectivity index (χ3v) is 2.56. The normalized spacial score (nSPS) is 10.2. The molecule has 0 bridgehead atoms. The molecule has 0 aliphatic heterocycles. The maximum atomic E-state index is 12.9. The summed E-state index contributed by atoms with van der Waals surface area (Å²) in [7, 11) is 1.21. The Labute approximate surface area is 103 Å². The van der Waals surface area contributed by atoms with E-state index in [9.17, 15) is 13.6 Å². The number of rotatable bonds is 4. The quantitative estimate of drug-likeness (QED) is 0.829. The largest absolute Gasteiger partial charge is 0.469 e. The van der Waals surface area contributed by atoms with Crippen molar-refractivity contribution >= 4 is 5.97 Å². The molecule has 2 N–H and O–H groups in total. The van der Waals surface area contributed by atoms with Crippen LogP contribution in [0.15, 0.2) is 12.1 Å². The van der Waals surface area contributed by atoms with E-state index >= 15 is 0 Å². The molecule has 0 aliphatic carbocycles. The number of alkyl halides is 2. The SMILES string of the molecule is COC(=O)Cc1ccc(C#N)c(C(F)F)c1CN. The van der Waals surface area contributed by atoms with Crippen LogP contribution in [0.25, 0.3) is 0 Å². The van der Waals surface area contributed by atoms with Crippen molar-refractivity contribution in [3.63, 3.8) is 0 Å². The number of methoxy groups -OCH3 is 1. The molecule has 1 aromatic carbocycles. The molecule has 0 saturated heterocycles. The number of nitrogens with zero attached hydrogens (tertiary/aromatic N) is 1. The number of halogens is 2. The molecule has 1 aromatic rings. The van der Waals surface area contributed by atoms with Gasteiger partial charge in [-0.2, -0.15) is 5.26 Å². The molecule has 96 valence electrons. The maximum Gasteiger partial charge on any atom is 0.309 e. The number of hydrogen-bond acceptors (Lipinski definition) is 4. The lowest BCUT2D eigenvalue weighted by Gasteiger charge is -2.13. The number of nitriles is 1.